The van der Waals surface area contributed by atoms with E-state index < -0.39 is 0 Å². The number of amides is 1. The minimum Gasteiger partial charge on any atom is -0.288 e. The molecule has 0 aliphatic carbocycles. The summed E-state index contributed by atoms with van der Waals surface area (Å²) in [6.45, 7) is 3.99. The number of rotatable bonds is 3. The van der Waals surface area contributed by atoms with Crippen molar-refractivity contribution in [3.8, 4) is 0 Å². The maximum atomic E-state index is 11.4. The van der Waals surface area contributed by atoms with E-state index in [0.29, 0.717) is 17.3 Å². The van der Waals surface area contributed by atoms with Crippen LogP contribution in [0.1, 0.15) is 25.8 Å². The fourth-order valence-corrected chi connectivity index (χ4v) is 1.40. The van der Waals surface area contributed by atoms with E-state index in [1.165, 1.54) is 0 Å². The summed E-state index contributed by atoms with van der Waals surface area (Å²) in [5.74, 6) is 0.292. The first-order chi connectivity index (χ1) is 7.59. The summed E-state index contributed by atoms with van der Waals surface area (Å²) >= 11 is 5.13. The molecule has 0 unspecified atom stereocenters. The van der Waals surface area contributed by atoms with Crippen molar-refractivity contribution in [2.24, 2.45) is 5.92 Å². The summed E-state index contributed by atoms with van der Waals surface area (Å²) in [4.78, 5) is 11.9. The van der Waals surface area contributed by atoms with Gasteiger partial charge in [0.2, 0.25) is 5.91 Å². The van der Waals surface area contributed by atoms with Crippen LogP contribution in [0.4, 0.5) is 0 Å². The summed E-state index contributed by atoms with van der Waals surface area (Å²) < 4.78 is 0. The summed E-state index contributed by atoms with van der Waals surface area (Å²) in [6, 6.07) is 9.51. The molecule has 0 saturated heterocycles. The zero-order chi connectivity index (χ0) is 12.0. The number of carbonyl (C=O) groups is 1. The number of hydrogen-bond acceptors (Lipinski definition) is 2. The van der Waals surface area contributed by atoms with Gasteiger partial charge < -0.3 is 0 Å². The molecular weight excluding hydrogens is 220 g/mol. The Balaban J connectivity index is 2.39. The van der Waals surface area contributed by atoms with Crippen molar-refractivity contribution in [1.29, 1.82) is 0 Å². The molecule has 0 spiro atoms. The molecule has 1 aromatic carbocycles. The fourth-order valence-electron chi connectivity index (χ4n) is 1.21. The van der Waals surface area contributed by atoms with Crippen molar-refractivity contribution in [3.63, 3.8) is 0 Å². The second-order valence-corrected chi connectivity index (χ2v) is 4.37. The van der Waals surface area contributed by atoms with Gasteiger partial charge in [-0.3, -0.25) is 15.6 Å². The van der Waals surface area contributed by atoms with E-state index in [4.69, 9.17) is 12.2 Å². The third kappa shape index (κ3) is 4.40. The van der Waals surface area contributed by atoms with Crippen LogP contribution in [-0.2, 0) is 4.79 Å². The van der Waals surface area contributed by atoms with Crippen molar-refractivity contribution >= 4 is 23.1 Å². The number of benzene rings is 1. The summed E-state index contributed by atoms with van der Waals surface area (Å²) in [5, 5.41) is 0. The smallest absolute Gasteiger partial charge is 0.238 e. The molecule has 4 heteroatoms. The first kappa shape index (κ1) is 12.6. The topological polar surface area (TPSA) is 41.1 Å². The SMILES string of the molecule is CC(C)CC(=O)NNC(=S)c1ccccc1. The van der Waals surface area contributed by atoms with Gasteiger partial charge in [0.05, 0.1) is 0 Å². The highest BCUT2D eigenvalue weighted by molar-refractivity contribution is 7.80. The van der Waals surface area contributed by atoms with Crippen LogP contribution in [0.3, 0.4) is 0 Å². The second-order valence-electron chi connectivity index (χ2n) is 3.97. The zero-order valence-electron chi connectivity index (χ0n) is 9.49. The van der Waals surface area contributed by atoms with E-state index in [1.54, 1.807) is 0 Å². The molecule has 0 aliphatic heterocycles. The maximum absolute atomic E-state index is 11.4. The van der Waals surface area contributed by atoms with Gasteiger partial charge in [0.1, 0.15) is 4.99 Å². The van der Waals surface area contributed by atoms with Gasteiger partial charge in [0.15, 0.2) is 0 Å². The van der Waals surface area contributed by atoms with Crippen molar-refractivity contribution in [1.82, 2.24) is 10.9 Å². The number of hydrogen-bond donors (Lipinski definition) is 2. The van der Waals surface area contributed by atoms with Gasteiger partial charge in [0.25, 0.3) is 0 Å². The predicted octanol–water partition coefficient (Wildman–Crippen LogP) is 2.03. The Kier molecular flexibility index (Phi) is 4.92. The monoisotopic (exact) mass is 236 g/mol. The Hall–Kier alpha value is -1.42. The zero-order valence-corrected chi connectivity index (χ0v) is 10.3. The van der Waals surface area contributed by atoms with Gasteiger partial charge in [0, 0.05) is 12.0 Å². The lowest BCUT2D eigenvalue weighted by atomic mass is 10.1. The van der Waals surface area contributed by atoms with Crippen LogP contribution >= 0.6 is 12.2 Å². The molecule has 0 radical (unpaired) electrons. The van der Waals surface area contributed by atoms with Crippen LogP contribution in [-0.4, -0.2) is 10.9 Å². The van der Waals surface area contributed by atoms with E-state index in [0.717, 1.165) is 5.56 Å². The average molecular weight is 236 g/mol. The molecule has 0 aromatic heterocycles. The van der Waals surface area contributed by atoms with E-state index in [1.807, 2.05) is 44.2 Å². The lowest BCUT2D eigenvalue weighted by Gasteiger charge is -2.10. The van der Waals surface area contributed by atoms with E-state index in [2.05, 4.69) is 10.9 Å². The third-order valence-corrected chi connectivity index (χ3v) is 2.28. The molecule has 0 fully saturated rings. The number of thiocarbonyl (C=S) groups is 1. The van der Waals surface area contributed by atoms with E-state index >= 15 is 0 Å². The van der Waals surface area contributed by atoms with Crippen molar-refractivity contribution in [2.45, 2.75) is 20.3 Å². The summed E-state index contributed by atoms with van der Waals surface area (Å²) in [6.07, 6.45) is 0.490. The highest BCUT2D eigenvalue weighted by Gasteiger charge is 2.05. The molecule has 1 aromatic rings. The molecule has 0 atom stereocenters. The highest BCUT2D eigenvalue weighted by Crippen LogP contribution is 1.99. The first-order valence-corrected chi connectivity index (χ1v) is 5.64. The van der Waals surface area contributed by atoms with Crippen LogP contribution in [0.2, 0.25) is 0 Å². The molecule has 0 bridgehead atoms. The highest BCUT2D eigenvalue weighted by atomic mass is 32.1. The lowest BCUT2D eigenvalue weighted by molar-refractivity contribution is -0.122. The molecule has 0 aliphatic rings. The Morgan fingerprint density at radius 3 is 2.44 bits per heavy atom. The minimum atomic E-state index is -0.0479. The summed E-state index contributed by atoms with van der Waals surface area (Å²) in [5.41, 5.74) is 6.21. The molecule has 1 amide bonds. The van der Waals surface area contributed by atoms with E-state index in [-0.39, 0.29) is 5.91 Å². The predicted molar refractivity (Wildman–Crippen MR) is 68.9 cm³/mol. The standard InChI is InChI=1S/C12H16N2OS/c1-9(2)8-11(15)13-14-12(16)10-6-4-3-5-7-10/h3-7,9H,8H2,1-2H3,(H,13,15)(H,14,16). The summed E-state index contributed by atoms with van der Waals surface area (Å²) in [7, 11) is 0. The van der Waals surface area contributed by atoms with Gasteiger partial charge in [-0.15, -0.1) is 0 Å². The molecule has 86 valence electrons. The number of hydrazine groups is 1. The molecule has 2 N–H and O–H groups in total. The van der Waals surface area contributed by atoms with Crippen LogP contribution in [0, 0.1) is 5.92 Å². The minimum absolute atomic E-state index is 0.0479. The molecule has 1 rings (SSSR count). The van der Waals surface area contributed by atoms with Gasteiger partial charge in [-0.1, -0.05) is 56.4 Å². The van der Waals surface area contributed by atoms with Gasteiger partial charge in [-0.05, 0) is 5.92 Å². The second kappa shape index (κ2) is 6.23. The Morgan fingerprint density at radius 2 is 1.88 bits per heavy atom. The van der Waals surface area contributed by atoms with Crippen molar-refractivity contribution in [3.05, 3.63) is 35.9 Å². The molecule has 16 heavy (non-hydrogen) atoms. The number of nitrogens with one attached hydrogen (secondary N) is 2. The van der Waals surface area contributed by atoms with Gasteiger partial charge in [-0.2, -0.15) is 0 Å². The van der Waals surface area contributed by atoms with Gasteiger partial charge >= 0.3 is 0 Å². The van der Waals surface area contributed by atoms with Crippen molar-refractivity contribution in [2.75, 3.05) is 0 Å². The Bertz CT molecular complexity index is 363. The van der Waals surface area contributed by atoms with Crippen LogP contribution in [0.25, 0.3) is 0 Å². The van der Waals surface area contributed by atoms with Crippen LogP contribution in [0.5, 0.6) is 0 Å². The van der Waals surface area contributed by atoms with Crippen LogP contribution in [0.15, 0.2) is 30.3 Å². The number of carbonyl (C=O) groups excluding carboxylic acids is 1. The van der Waals surface area contributed by atoms with Crippen molar-refractivity contribution < 1.29 is 4.79 Å². The maximum Gasteiger partial charge on any atom is 0.238 e. The Morgan fingerprint density at radius 1 is 1.25 bits per heavy atom. The normalized spacial score (nSPS) is 9.94. The lowest BCUT2D eigenvalue weighted by Crippen LogP contribution is -2.41. The average Bonchev–Trinajstić information content (AvgIpc) is 2.26. The fraction of sp³-hybridized carbons (Fsp3) is 0.333. The van der Waals surface area contributed by atoms with Gasteiger partial charge in [-0.25, -0.2) is 0 Å². The molecular formula is C12H16N2OS. The quantitative estimate of drug-likeness (QED) is 0.623. The third-order valence-electron chi connectivity index (χ3n) is 1.95. The Labute approximate surface area is 101 Å². The van der Waals surface area contributed by atoms with E-state index in [9.17, 15) is 4.79 Å². The van der Waals surface area contributed by atoms with Crippen LogP contribution < -0.4 is 10.9 Å². The molecule has 0 saturated carbocycles. The first-order valence-electron chi connectivity index (χ1n) is 5.24. The molecule has 3 nitrogen and oxygen atoms in total. The molecule has 0 heterocycles. The largest absolute Gasteiger partial charge is 0.288 e.